The van der Waals surface area contributed by atoms with E-state index in [2.05, 4.69) is 12.2 Å². The normalized spacial score (nSPS) is 25.8. The van der Waals surface area contributed by atoms with Crippen LogP contribution in [-0.2, 0) is 9.53 Å². The van der Waals surface area contributed by atoms with Crippen LogP contribution in [0, 0.1) is 5.92 Å². The van der Waals surface area contributed by atoms with Crippen LogP contribution < -0.4 is 11.1 Å². The molecule has 4 nitrogen and oxygen atoms in total. The van der Waals surface area contributed by atoms with Crippen molar-refractivity contribution in [3.8, 4) is 0 Å². The summed E-state index contributed by atoms with van der Waals surface area (Å²) in [5.74, 6) is 0.540. The Hall–Kier alpha value is -0.320. The molecule has 1 aliphatic rings. The van der Waals surface area contributed by atoms with Crippen molar-refractivity contribution >= 4 is 18.3 Å². The molecule has 3 atom stereocenters. The lowest BCUT2D eigenvalue weighted by Gasteiger charge is -2.28. The van der Waals surface area contributed by atoms with Gasteiger partial charge in [0.1, 0.15) is 0 Å². The summed E-state index contributed by atoms with van der Waals surface area (Å²) in [6.45, 7) is 5.07. The Kier molecular flexibility index (Phi) is 8.56. The fourth-order valence-corrected chi connectivity index (χ4v) is 2.08. The minimum absolute atomic E-state index is 0. The number of hydrogen-bond donors (Lipinski definition) is 2. The van der Waals surface area contributed by atoms with Crippen molar-refractivity contribution in [2.75, 3.05) is 13.2 Å². The molecule has 0 aromatic heterocycles. The first-order chi connectivity index (χ1) is 7.61. The monoisotopic (exact) mass is 264 g/mol. The number of carbonyl (C=O) groups is 1. The first kappa shape index (κ1) is 16.7. The summed E-state index contributed by atoms with van der Waals surface area (Å²) >= 11 is 0. The lowest BCUT2D eigenvalue weighted by Crippen LogP contribution is -2.40. The minimum atomic E-state index is -0.436. The summed E-state index contributed by atoms with van der Waals surface area (Å²) in [6, 6.07) is -0.436. The molecule has 0 aliphatic heterocycles. The van der Waals surface area contributed by atoms with Crippen LogP contribution in [0.1, 0.15) is 39.5 Å². The highest BCUT2D eigenvalue weighted by atomic mass is 35.5. The molecule has 0 aromatic carbocycles. The van der Waals surface area contributed by atoms with E-state index in [1.54, 1.807) is 6.92 Å². The predicted molar refractivity (Wildman–Crippen MR) is 71.3 cm³/mol. The molecule has 2 unspecified atom stereocenters. The average molecular weight is 265 g/mol. The van der Waals surface area contributed by atoms with Crippen LogP contribution in [0.5, 0.6) is 0 Å². The van der Waals surface area contributed by atoms with Crippen molar-refractivity contribution in [2.24, 2.45) is 11.7 Å². The zero-order chi connectivity index (χ0) is 12.0. The van der Waals surface area contributed by atoms with E-state index in [1.165, 1.54) is 19.3 Å². The number of nitrogens with one attached hydrogen (secondary N) is 1. The Morgan fingerprint density at radius 3 is 2.71 bits per heavy atom. The molecule has 0 saturated heterocycles. The third-order valence-corrected chi connectivity index (χ3v) is 3.18. The van der Waals surface area contributed by atoms with Gasteiger partial charge in [-0.2, -0.15) is 0 Å². The lowest BCUT2D eigenvalue weighted by molar-refractivity contribution is -0.122. The van der Waals surface area contributed by atoms with Gasteiger partial charge in [-0.25, -0.2) is 0 Å². The van der Waals surface area contributed by atoms with E-state index in [4.69, 9.17) is 10.5 Å². The fourth-order valence-electron chi connectivity index (χ4n) is 2.08. The molecule has 5 heteroatoms. The summed E-state index contributed by atoms with van der Waals surface area (Å²) in [6.07, 6.45) is 5.38. The van der Waals surface area contributed by atoms with Gasteiger partial charge < -0.3 is 15.8 Å². The smallest absolute Gasteiger partial charge is 0.236 e. The van der Waals surface area contributed by atoms with Crippen LogP contribution in [0.4, 0.5) is 0 Å². The Morgan fingerprint density at radius 2 is 2.12 bits per heavy atom. The summed E-state index contributed by atoms with van der Waals surface area (Å²) in [7, 11) is 0. The van der Waals surface area contributed by atoms with E-state index in [-0.39, 0.29) is 18.3 Å². The van der Waals surface area contributed by atoms with Crippen LogP contribution in [0.25, 0.3) is 0 Å². The number of halogens is 1. The summed E-state index contributed by atoms with van der Waals surface area (Å²) in [5.41, 5.74) is 5.43. The van der Waals surface area contributed by atoms with Crippen LogP contribution in [0.2, 0.25) is 0 Å². The largest absolute Gasteiger partial charge is 0.376 e. The van der Waals surface area contributed by atoms with E-state index in [1.807, 2.05) is 0 Å². The van der Waals surface area contributed by atoms with Crippen molar-refractivity contribution in [1.82, 2.24) is 5.32 Å². The van der Waals surface area contributed by atoms with E-state index in [0.29, 0.717) is 25.2 Å². The van der Waals surface area contributed by atoms with Gasteiger partial charge in [0.05, 0.1) is 18.8 Å². The van der Waals surface area contributed by atoms with Gasteiger partial charge in [0, 0.05) is 6.54 Å². The number of rotatable bonds is 5. The Balaban J connectivity index is 0.00000256. The van der Waals surface area contributed by atoms with Gasteiger partial charge in [0.2, 0.25) is 5.91 Å². The average Bonchev–Trinajstić information content (AvgIpc) is 2.26. The van der Waals surface area contributed by atoms with Crippen LogP contribution >= 0.6 is 12.4 Å². The van der Waals surface area contributed by atoms with Crippen molar-refractivity contribution < 1.29 is 9.53 Å². The molecule has 1 fully saturated rings. The van der Waals surface area contributed by atoms with Gasteiger partial charge >= 0.3 is 0 Å². The Labute approximate surface area is 110 Å². The van der Waals surface area contributed by atoms with Crippen LogP contribution in [0.15, 0.2) is 0 Å². The van der Waals surface area contributed by atoms with E-state index < -0.39 is 6.04 Å². The molecule has 0 aromatic rings. The second kappa shape index (κ2) is 8.72. The minimum Gasteiger partial charge on any atom is -0.376 e. The number of ether oxygens (including phenoxy) is 1. The quantitative estimate of drug-likeness (QED) is 0.739. The van der Waals surface area contributed by atoms with E-state index in [9.17, 15) is 4.79 Å². The second-order valence-corrected chi connectivity index (χ2v) is 4.75. The first-order valence-electron chi connectivity index (χ1n) is 6.26. The number of amides is 1. The number of hydrogen-bond acceptors (Lipinski definition) is 3. The van der Waals surface area contributed by atoms with Crippen molar-refractivity contribution in [3.05, 3.63) is 0 Å². The fraction of sp³-hybridized carbons (Fsp3) is 0.917. The summed E-state index contributed by atoms with van der Waals surface area (Å²) < 4.78 is 5.77. The van der Waals surface area contributed by atoms with Gasteiger partial charge in [-0.3, -0.25) is 4.79 Å². The molecule has 3 N–H and O–H groups in total. The SMILES string of the molecule is CC1CCCCC1OCCNC(=O)[C@@H](C)N.Cl. The van der Waals surface area contributed by atoms with Gasteiger partial charge in [-0.05, 0) is 25.7 Å². The molecule has 1 amide bonds. The maximum Gasteiger partial charge on any atom is 0.236 e. The zero-order valence-electron chi connectivity index (χ0n) is 10.8. The van der Waals surface area contributed by atoms with Gasteiger partial charge in [0.15, 0.2) is 0 Å². The van der Waals surface area contributed by atoms with Gasteiger partial charge in [0.25, 0.3) is 0 Å². The molecule has 0 spiro atoms. The van der Waals surface area contributed by atoms with E-state index in [0.717, 1.165) is 6.42 Å². The van der Waals surface area contributed by atoms with Gasteiger partial charge in [-0.15, -0.1) is 12.4 Å². The number of carbonyl (C=O) groups excluding carboxylic acids is 1. The summed E-state index contributed by atoms with van der Waals surface area (Å²) in [4.78, 5) is 11.2. The molecular formula is C12H25ClN2O2. The highest BCUT2D eigenvalue weighted by molar-refractivity contribution is 5.85. The maximum absolute atomic E-state index is 11.2. The molecule has 1 aliphatic carbocycles. The summed E-state index contributed by atoms with van der Waals surface area (Å²) in [5, 5.41) is 2.75. The predicted octanol–water partition coefficient (Wildman–Crippen LogP) is 1.47. The molecule has 0 bridgehead atoms. The third-order valence-electron chi connectivity index (χ3n) is 3.18. The maximum atomic E-state index is 11.2. The van der Waals surface area contributed by atoms with Crippen molar-refractivity contribution in [1.29, 1.82) is 0 Å². The Morgan fingerprint density at radius 1 is 1.47 bits per heavy atom. The Bertz CT molecular complexity index is 225. The zero-order valence-corrected chi connectivity index (χ0v) is 11.6. The molecule has 17 heavy (non-hydrogen) atoms. The molecule has 1 rings (SSSR count). The first-order valence-corrected chi connectivity index (χ1v) is 6.26. The lowest BCUT2D eigenvalue weighted by atomic mass is 9.88. The van der Waals surface area contributed by atoms with Crippen molar-refractivity contribution in [2.45, 2.75) is 51.7 Å². The molecule has 0 heterocycles. The van der Waals surface area contributed by atoms with Crippen molar-refractivity contribution in [3.63, 3.8) is 0 Å². The standard InChI is InChI=1S/C12H24N2O2.ClH/c1-9-5-3-4-6-11(9)16-8-7-14-12(15)10(2)13;/h9-11H,3-8,13H2,1-2H3,(H,14,15);1H/t9?,10-,11?;/m1./s1. The molecule has 0 radical (unpaired) electrons. The van der Waals surface area contributed by atoms with Crippen LogP contribution in [-0.4, -0.2) is 31.2 Å². The molecule has 1 saturated carbocycles. The van der Waals surface area contributed by atoms with E-state index >= 15 is 0 Å². The van der Waals surface area contributed by atoms with Gasteiger partial charge in [-0.1, -0.05) is 19.8 Å². The molecule has 102 valence electrons. The highest BCUT2D eigenvalue weighted by Crippen LogP contribution is 2.25. The second-order valence-electron chi connectivity index (χ2n) is 4.75. The highest BCUT2D eigenvalue weighted by Gasteiger charge is 2.21. The molecular weight excluding hydrogens is 240 g/mol. The topological polar surface area (TPSA) is 64.3 Å². The number of nitrogens with two attached hydrogens (primary N) is 1. The third kappa shape index (κ3) is 6.24. The van der Waals surface area contributed by atoms with Crippen LogP contribution in [0.3, 0.4) is 0 Å².